The topological polar surface area (TPSA) is 29.5 Å². The first kappa shape index (κ1) is 13.0. The number of hydrogen-bond acceptors (Lipinski definition) is 2. The molecule has 1 atom stereocenters. The average molecular weight is 226 g/mol. The molecule has 2 nitrogen and oxygen atoms in total. The van der Waals surface area contributed by atoms with Crippen molar-refractivity contribution in [3.05, 3.63) is 29.6 Å². The Labute approximate surface area is 96.1 Å². The van der Waals surface area contributed by atoms with Crippen LogP contribution in [0, 0.1) is 18.2 Å². The molecular formula is C13H19FO2. The molecule has 1 N–H and O–H groups in total. The van der Waals surface area contributed by atoms with E-state index in [1.165, 1.54) is 6.07 Å². The van der Waals surface area contributed by atoms with Crippen molar-refractivity contribution in [2.24, 2.45) is 5.41 Å². The van der Waals surface area contributed by atoms with Crippen LogP contribution in [0.2, 0.25) is 0 Å². The molecule has 1 unspecified atom stereocenters. The number of aliphatic hydroxyl groups excluding tert-OH is 1. The highest BCUT2D eigenvalue weighted by Gasteiger charge is 2.22. The summed E-state index contributed by atoms with van der Waals surface area (Å²) in [5, 5.41) is 9.77. The van der Waals surface area contributed by atoms with E-state index in [9.17, 15) is 9.50 Å². The Morgan fingerprint density at radius 1 is 1.38 bits per heavy atom. The molecule has 0 saturated carbocycles. The summed E-state index contributed by atoms with van der Waals surface area (Å²) in [6.07, 6.45) is -0.544. The van der Waals surface area contributed by atoms with Crippen molar-refractivity contribution in [1.82, 2.24) is 0 Å². The third kappa shape index (κ3) is 3.49. The zero-order chi connectivity index (χ0) is 12.3. The molecule has 0 aliphatic heterocycles. The minimum absolute atomic E-state index is 0.213. The van der Waals surface area contributed by atoms with E-state index in [0.29, 0.717) is 11.3 Å². The predicted octanol–water partition coefficient (Wildman–Crippen LogP) is 2.92. The van der Waals surface area contributed by atoms with Crippen LogP contribution in [0.25, 0.3) is 0 Å². The standard InChI is InChI=1S/C13H19FO2/c1-9-7-10(5-6-11(9)14)16-8-12(15)13(2,3)4/h5-7,12,15H,8H2,1-4H3. The second-order valence-corrected chi connectivity index (χ2v) is 5.10. The molecule has 0 bridgehead atoms. The molecule has 1 aromatic rings. The van der Waals surface area contributed by atoms with E-state index < -0.39 is 6.10 Å². The Bertz CT molecular complexity index is 355. The van der Waals surface area contributed by atoms with Crippen molar-refractivity contribution < 1.29 is 14.2 Å². The Balaban J connectivity index is 2.58. The summed E-state index contributed by atoms with van der Waals surface area (Å²) >= 11 is 0. The highest BCUT2D eigenvalue weighted by atomic mass is 19.1. The van der Waals surface area contributed by atoms with Gasteiger partial charge in [-0.1, -0.05) is 20.8 Å². The largest absolute Gasteiger partial charge is 0.491 e. The maximum absolute atomic E-state index is 13.0. The molecule has 3 heteroatoms. The van der Waals surface area contributed by atoms with Crippen LogP contribution in [0.3, 0.4) is 0 Å². The SMILES string of the molecule is Cc1cc(OCC(O)C(C)(C)C)ccc1F. The lowest BCUT2D eigenvalue weighted by Gasteiger charge is -2.25. The van der Waals surface area contributed by atoms with Gasteiger partial charge in [-0.25, -0.2) is 4.39 Å². The van der Waals surface area contributed by atoms with Gasteiger partial charge in [-0.05, 0) is 36.1 Å². The lowest BCUT2D eigenvalue weighted by molar-refractivity contribution is 0.0218. The summed E-state index contributed by atoms with van der Waals surface area (Å²) in [7, 11) is 0. The van der Waals surface area contributed by atoms with Crippen molar-refractivity contribution in [3.8, 4) is 5.75 Å². The Morgan fingerprint density at radius 3 is 2.50 bits per heavy atom. The van der Waals surface area contributed by atoms with Gasteiger partial charge in [-0.3, -0.25) is 0 Å². The van der Waals surface area contributed by atoms with Crippen molar-refractivity contribution in [1.29, 1.82) is 0 Å². The summed E-state index contributed by atoms with van der Waals surface area (Å²) in [6.45, 7) is 7.72. The van der Waals surface area contributed by atoms with Crippen molar-refractivity contribution >= 4 is 0 Å². The molecule has 0 spiro atoms. The van der Waals surface area contributed by atoms with Crippen LogP contribution in [0.5, 0.6) is 5.75 Å². The third-order valence-electron chi connectivity index (χ3n) is 2.54. The Morgan fingerprint density at radius 2 is 2.00 bits per heavy atom. The fourth-order valence-electron chi connectivity index (χ4n) is 1.13. The summed E-state index contributed by atoms with van der Waals surface area (Å²) < 4.78 is 18.4. The molecule has 1 aromatic carbocycles. The van der Waals surface area contributed by atoms with Gasteiger partial charge in [0.25, 0.3) is 0 Å². The maximum atomic E-state index is 13.0. The first-order chi connectivity index (χ1) is 7.30. The highest BCUT2D eigenvalue weighted by molar-refractivity contribution is 5.28. The van der Waals surface area contributed by atoms with E-state index in [1.807, 2.05) is 20.8 Å². The average Bonchev–Trinajstić information content (AvgIpc) is 2.18. The molecule has 0 amide bonds. The van der Waals surface area contributed by atoms with Gasteiger partial charge in [0.1, 0.15) is 18.2 Å². The first-order valence-corrected chi connectivity index (χ1v) is 5.37. The van der Waals surface area contributed by atoms with Crippen LogP contribution in [-0.2, 0) is 0 Å². The third-order valence-corrected chi connectivity index (χ3v) is 2.54. The van der Waals surface area contributed by atoms with Gasteiger partial charge in [-0.2, -0.15) is 0 Å². The van der Waals surface area contributed by atoms with Crippen LogP contribution in [-0.4, -0.2) is 17.8 Å². The predicted molar refractivity (Wildman–Crippen MR) is 62.1 cm³/mol. The van der Waals surface area contributed by atoms with Gasteiger partial charge in [0, 0.05) is 0 Å². The number of halogens is 1. The zero-order valence-corrected chi connectivity index (χ0v) is 10.2. The van der Waals surface area contributed by atoms with E-state index in [0.717, 1.165) is 0 Å². The lowest BCUT2D eigenvalue weighted by Crippen LogP contribution is -2.31. The Kier molecular flexibility index (Phi) is 3.92. The van der Waals surface area contributed by atoms with Crippen molar-refractivity contribution in [2.75, 3.05) is 6.61 Å². The Hall–Kier alpha value is -1.09. The molecular weight excluding hydrogens is 207 g/mol. The number of rotatable bonds is 3. The zero-order valence-electron chi connectivity index (χ0n) is 10.2. The van der Waals surface area contributed by atoms with Crippen LogP contribution < -0.4 is 4.74 Å². The van der Waals surface area contributed by atoms with Crippen LogP contribution >= 0.6 is 0 Å². The van der Waals surface area contributed by atoms with Gasteiger partial charge in [0.05, 0.1) is 6.10 Å². The second kappa shape index (κ2) is 4.83. The summed E-state index contributed by atoms with van der Waals surface area (Å²) in [5.74, 6) is 0.339. The molecule has 0 saturated heterocycles. The van der Waals surface area contributed by atoms with E-state index in [4.69, 9.17) is 4.74 Å². The number of benzene rings is 1. The number of aliphatic hydroxyl groups is 1. The van der Waals surface area contributed by atoms with E-state index >= 15 is 0 Å². The van der Waals surface area contributed by atoms with Gasteiger partial charge >= 0.3 is 0 Å². The molecule has 0 heterocycles. The van der Waals surface area contributed by atoms with Gasteiger partial charge in [0.15, 0.2) is 0 Å². The molecule has 0 aromatic heterocycles. The minimum atomic E-state index is -0.544. The highest BCUT2D eigenvalue weighted by Crippen LogP contribution is 2.21. The molecule has 0 aliphatic carbocycles. The fourth-order valence-corrected chi connectivity index (χ4v) is 1.13. The summed E-state index contributed by atoms with van der Waals surface area (Å²) in [4.78, 5) is 0. The van der Waals surface area contributed by atoms with Gasteiger partial charge < -0.3 is 9.84 Å². The van der Waals surface area contributed by atoms with Gasteiger partial charge in [-0.15, -0.1) is 0 Å². The molecule has 1 rings (SSSR count). The van der Waals surface area contributed by atoms with E-state index in [2.05, 4.69) is 0 Å². The van der Waals surface area contributed by atoms with Crippen LogP contribution in [0.4, 0.5) is 4.39 Å². The summed E-state index contributed by atoms with van der Waals surface area (Å²) in [6, 6.07) is 4.57. The van der Waals surface area contributed by atoms with Crippen molar-refractivity contribution in [2.45, 2.75) is 33.8 Å². The number of ether oxygens (including phenoxy) is 1. The maximum Gasteiger partial charge on any atom is 0.126 e. The molecule has 16 heavy (non-hydrogen) atoms. The fraction of sp³-hybridized carbons (Fsp3) is 0.538. The van der Waals surface area contributed by atoms with Crippen LogP contribution in [0.1, 0.15) is 26.3 Å². The van der Waals surface area contributed by atoms with Crippen LogP contribution in [0.15, 0.2) is 18.2 Å². The van der Waals surface area contributed by atoms with Crippen molar-refractivity contribution in [3.63, 3.8) is 0 Å². The minimum Gasteiger partial charge on any atom is -0.491 e. The van der Waals surface area contributed by atoms with E-state index in [-0.39, 0.29) is 17.8 Å². The molecule has 0 radical (unpaired) electrons. The lowest BCUT2D eigenvalue weighted by atomic mass is 9.90. The monoisotopic (exact) mass is 226 g/mol. The first-order valence-electron chi connectivity index (χ1n) is 5.37. The molecule has 0 fully saturated rings. The molecule has 0 aliphatic rings. The number of aryl methyl sites for hydroxylation is 1. The van der Waals surface area contributed by atoms with E-state index in [1.54, 1.807) is 19.1 Å². The smallest absolute Gasteiger partial charge is 0.126 e. The second-order valence-electron chi connectivity index (χ2n) is 5.10. The number of hydrogen-bond donors (Lipinski definition) is 1. The van der Waals surface area contributed by atoms with Gasteiger partial charge in [0.2, 0.25) is 0 Å². The summed E-state index contributed by atoms with van der Waals surface area (Å²) in [5.41, 5.74) is 0.331. The molecule has 90 valence electrons. The quantitative estimate of drug-likeness (QED) is 0.858. The normalized spacial score (nSPS) is 13.6.